The maximum atomic E-state index is 13.2. The molecule has 0 aliphatic rings. The number of methoxy groups -OCH3 is 1. The van der Waals surface area contributed by atoms with Crippen molar-refractivity contribution in [1.29, 1.82) is 0 Å². The molecule has 0 spiro atoms. The van der Waals surface area contributed by atoms with E-state index in [0.717, 1.165) is 17.7 Å². The number of aliphatic hydroxyl groups is 1. The van der Waals surface area contributed by atoms with Gasteiger partial charge in [-0.3, -0.25) is 4.79 Å². The third-order valence-electron chi connectivity index (χ3n) is 3.65. The Morgan fingerprint density at radius 2 is 1.96 bits per heavy atom. The zero-order chi connectivity index (χ0) is 18.4. The summed E-state index contributed by atoms with van der Waals surface area (Å²) in [7, 11) is 1.55. The molecule has 0 aliphatic heterocycles. The van der Waals surface area contributed by atoms with E-state index in [1.54, 1.807) is 38.3 Å². The molecular weight excluding hydrogens is 328 g/mol. The van der Waals surface area contributed by atoms with Crippen LogP contribution in [0.5, 0.6) is 5.75 Å². The topological polar surface area (TPSA) is 58.6 Å². The molecule has 4 nitrogen and oxygen atoms in total. The van der Waals surface area contributed by atoms with Gasteiger partial charge in [0, 0.05) is 6.08 Å². The fourth-order valence-corrected chi connectivity index (χ4v) is 2.25. The molecule has 0 aromatic heterocycles. The molecule has 2 unspecified atom stereocenters. The molecule has 0 fully saturated rings. The Morgan fingerprint density at radius 3 is 2.64 bits per heavy atom. The standard InChI is InChI=1S/C19H19F2NO3/c1-12(19(24)14-7-8-16(20)17(21)11-14)22-18(23)9-6-13-4-3-5-15(10-13)25-2/h3-12,19,24H,1-2H3,(H,22,23)/b9-6+. The highest BCUT2D eigenvalue weighted by Crippen LogP contribution is 2.19. The van der Waals surface area contributed by atoms with Crippen LogP contribution >= 0.6 is 0 Å². The highest BCUT2D eigenvalue weighted by Gasteiger charge is 2.19. The summed E-state index contributed by atoms with van der Waals surface area (Å²) in [5.74, 6) is -1.79. The van der Waals surface area contributed by atoms with Gasteiger partial charge in [-0.1, -0.05) is 18.2 Å². The summed E-state index contributed by atoms with van der Waals surface area (Å²) >= 11 is 0. The van der Waals surface area contributed by atoms with Crippen molar-refractivity contribution in [3.05, 3.63) is 71.3 Å². The molecule has 2 atom stereocenters. The van der Waals surface area contributed by atoms with Crippen LogP contribution in [-0.2, 0) is 4.79 Å². The number of amides is 1. The summed E-state index contributed by atoms with van der Waals surface area (Å²) < 4.78 is 31.3. The third-order valence-corrected chi connectivity index (χ3v) is 3.65. The fraction of sp³-hybridized carbons (Fsp3) is 0.211. The molecule has 0 bridgehead atoms. The molecule has 0 aliphatic carbocycles. The lowest BCUT2D eigenvalue weighted by Gasteiger charge is -2.20. The molecule has 25 heavy (non-hydrogen) atoms. The molecule has 0 saturated carbocycles. The van der Waals surface area contributed by atoms with Gasteiger partial charge in [0.2, 0.25) is 5.91 Å². The van der Waals surface area contributed by atoms with Crippen molar-refractivity contribution in [3.63, 3.8) is 0 Å². The summed E-state index contributed by atoms with van der Waals surface area (Å²) in [6.45, 7) is 1.57. The Labute approximate surface area is 144 Å². The summed E-state index contributed by atoms with van der Waals surface area (Å²) in [5.41, 5.74) is 0.965. The van der Waals surface area contributed by atoms with Crippen molar-refractivity contribution in [3.8, 4) is 5.75 Å². The largest absolute Gasteiger partial charge is 0.497 e. The van der Waals surface area contributed by atoms with Gasteiger partial charge in [-0.15, -0.1) is 0 Å². The molecule has 2 aromatic rings. The van der Waals surface area contributed by atoms with Crippen LogP contribution in [0, 0.1) is 11.6 Å². The van der Waals surface area contributed by atoms with Crippen LogP contribution < -0.4 is 10.1 Å². The monoisotopic (exact) mass is 347 g/mol. The first kappa shape index (κ1) is 18.6. The third kappa shape index (κ3) is 5.12. The first-order chi connectivity index (χ1) is 11.9. The zero-order valence-corrected chi connectivity index (χ0v) is 13.9. The second-order valence-corrected chi connectivity index (χ2v) is 5.53. The van der Waals surface area contributed by atoms with Gasteiger partial charge in [-0.25, -0.2) is 8.78 Å². The number of halogens is 2. The Bertz CT molecular complexity index is 777. The SMILES string of the molecule is COc1cccc(/C=C/C(=O)NC(C)C(O)c2ccc(F)c(F)c2)c1. The van der Waals surface area contributed by atoms with Crippen molar-refractivity contribution < 1.29 is 23.4 Å². The zero-order valence-electron chi connectivity index (χ0n) is 13.9. The highest BCUT2D eigenvalue weighted by atomic mass is 19.2. The lowest BCUT2D eigenvalue weighted by Crippen LogP contribution is -2.36. The van der Waals surface area contributed by atoms with Gasteiger partial charge in [-0.2, -0.15) is 0 Å². The van der Waals surface area contributed by atoms with E-state index in [0.29, 0.717) is 5.75 Å². The second-order valence-electron chi connectivity index (χ2n) is 5.53. The molecule has 6 heteroatoms. The first-order valence-electron chi connectivity index (χ1n) is 7.66. The lowest BCUT2D eigenvalue weighted by molar-refractivity contribution is -0.117. The van der Waals surface area contributed by atoms with E-state index in [2.05, 4.69) is 5.32 Å². The Balaban J connectivity index is 1.98. The number of rotatable bonds is 6. The van der Waals surface area contributed by atoms with Crippen molar-refractivity contribution in [2.24, 2.45) is 0 Å². The van der Waals surface area contributed by atoms with Gasteiger partial charge in [0.15, 0.2) is 11.6 Å². The smallest absolute Gasteiger partial charge is 0.244 e. The Morgan fingerprint density at radius 1 is 1.20 bits per heavy atom. The number of carbonyl (C=O) groups is 1. The molecule has 0 saturated heterocycles. The maximum absolute atomic E-state index is 13.2. The minimum Gasteiger partial charge on any atom is -0.497 e. The van der Waals surface area contributed by atoms with Gasteiger partial charge < -0.3 is 15.2 Å². The van der Waals surface area contributed by atoms with Crippen molar-refractivity contribution in [2.45, 2.75) is 19.1 Å². The second kappa shape index (κ2) is 8.39. The van der Waals surface area contributed by atoms with E-state index >= 15 is 0 Å². The molecule has 2 N–H and O–H groups in total. The van der Waals surface area contributed by atoms with Gasteiger partial charge in [-0.05, 0) is 48.4 Å². The van der Waals surface area contributed by atoms with Crippen LogP contribution in [0.4, 0.5) is 8.78 Å². The minimum atomic E-state index is -1.16. The fourth-order valence-electron chi connectivity index (χ4n) is 2.25. The predicted octanol–water partition coefficient (Wildman–Crippen LogP) is 3.22. The van der Waals surface area contributed by atoms with Crippen LogP contribution in [0.25, 0.3) is 6.08 Å². The quantitative estimate of drug-likeness (QED) is 0.789. The van der Waals surface area contributed by atoms with Crippen LogP contribution in [0.2, 0.25) is 0 Å². The van der Waals surface area contributed by atoms with Crippen molar-refractivity contribution >= 4 is 12.0 Å². The van der Waals surface area contributed by atoms with Crippen LogP contribution in [-0.4, -0.2) is 24.2 Å². The molecule has 0 radical (unpaired) electrons. The average Bonchev–Trinajstić information content (AvgIpc) is 2.61. The van der Waals surface area contributed by atoms with Gasteiger partial charge in [0.25, 0.3) is 0 Å². The molecule has 132 valence electrons. The first-order valence-corrected chi connectivity index (χ1v) is 7.66. The van der Waals surface area contributed by atoms with E-state index in [1.165, 1.54) is 12.1 Å². The Hall–Kier alpha value is -2.73. The molecular formula is C19H19F2NO3. The summed E-state index contributed by atoms with van der Waals surface area (Å²) in [5, 5.41) is 12.8. The van der Waals surface area contributed by atoms with Crippen LogP contribution in [0.15, 0.2) is 48.5 Å². The van der Waals surface area contributed by atoms with E-state index in [1.807, 2.05) is 6.07 Å². The van der Waals surface area contributed by atoms with Crippen molar-refractivity contribution in [2.75, 3.05) is 7.11 Å². The van der Waals surface area contributed by atoms with E-state index in [4.69, 9.17) is 4.74 Å². The lowest BCUT2D eigenvalue weighted by atomic mass is 10.0. The number of aliphatic hydroxyl groups excluding tert-OH is 1. The van der Waals surface area contributed by atoms with Gasteiger partial charge >= 0.3 is 0 Å². The summed E-state index contributed by atoms with van der Waals surface area (Å²) in [4.78, 5) is 12.0. The van der Waals surface area contributed by atoms with Gasteiger partial charge in [0.05, 0.1) is 19.3 Å². The number of hydrogen-bond donors (Lipinski definition) is 2. The predicted molar refractivity (Wildman–Crippen MR) is 91.0 cm³/mol. The van der Waals surface area contributed by atoms with E-state index in [9.17, 15) is 18.7 Å². The maximum Gasteiger partial charge on any atom is 0.244 e. The number of carbonyl (C=O) groups excluding carboxylic acids is 1. The number of nitrogens with one attached hydrogen (secondary N) is 1. The van der Waals surface area contributed by atoms with Crippen molar-refractivity contribution in [1.82, 2.24) is 5.32 Å². The van der Waals surface area contributed by atoms with E-state index < -0.39 is 29.7 Å². The number of ether oxygens (including phenoxy) is 1. The molecule has 0 heterocycles. The minimum absolute atomic E-state index is 0.184. The average molecular weight is 347 g/mol. The highest BCUT2D eigenvalue weighted by molar-refractivity contribution is 5.92. The molecule has 1 amide bonds. The number of benzene rings is 2. The normalized spacial score (nSPS) is 13.5. The summed E-state index contributed by atoms with van der Waals surface area (Å²) in [6, 6.07) is 9.60. The number of hydrogen-bond acceptors (Lipinski definition) is 3. The summed E-state index contributed by atoms with van der Waals surface area (Å²) in [6.07, 6.45) is 1.77. The van der Waals surface area contributed by atoms with E-state index in [-0.39, 0.29) is 5.56 Å². The van der Waals surface area contributed by atoms with Crippen LogP contribution in [0.3, 0.4) is 0 Å². The Kier molecular flexibility index (Phi) is 6.25. The molecule has 2 aromatic carbocycles. The van der Waals surface area contributed by atoms with Gasteiger partial charge in [0.1, 0.15) is 5.75 Å². The molecule has 2 rings (SSSR count). The van der Waals surface area contributed by atoms with Crippen LogP contribution in [0.1, 0.15) is 24.2 Å².